The Hall–Kier alpha value is -4.68. The number of hydrogen-bond donors (Lipinski definition) is 3. The average molecular weight is 577 g/mol. The number of fused-ring (bicyclic) bond motifs is 7. The summed E-state index contributed by atoms with van der Waals surface area (Å²) in [6.07, 6.45) is -0.285. The molecule has 1 aliphatic heterocycles. The molecule has 12 nitrogen and oxygen atoms in total. The molecular weight excluding hydrogens is 552 g/mol. The molecule has 2 aliphatic carbocycles. The molecule has 42 heavy (non-hydrogen) atoms. The summed E-state index contributed by atoms with van der Waals surface area (Å²) >= 11 is 0. The highest BCUT2D eigenvalue weighted by molar-refractivity contribution is 5.92. The minimum absolute atomic E-state index is 0.0215. The summed E-state index contributed by atoms with van der Waals surface area (Å²) in [5.41, 5.74) is -3.22. The zero-order chi connectivity index (χ0) is 30.0. The Morgan fingerprint density at radius 2 is 1.45 bits per heavy atom. The fourth-order valence-electron chi connectivity index (χ4n) is 7.29. The first-order valence-corrected chi connectivity index (χ1v) is 13.1. The molecule has 1 fully saturated rings. The van der Waals surface area contributed by atoms with Gasteiger partial charge in [-0.15, -0.1) is 0 Å². The van der Waals surface area contributed by atoms with Crippen molar-refractivity contribution < 1.29 is 48.0 Å². The predicted octanol–water partition coefficient (Wildman–Crippen LogP) is 2.12. The van der Waals surface area contributed by atoms with E-state index in [1.807, 2.05) is 0 Å². The molecule has 4 aromatic rings. The minimum Gasteiger partial charge on any atom is -0.507 e. The summed E-state index contributed by atoms with van der Waals surface area (Å²) in [6.45, 7) is 3.37. The fourth-order valence-corrected chi connectivity index (χ4v) is 7.29. The van der Waals surface area contributed by atoms with Crippen LogP contribution in [0.4, 0.5) is 0 Å². The lowest BCUT2D eigenvalue weighted by atomic mass is 9.66. The third-order valence-electron chi connectivity index (χ3n) is 8.79. The summed E-state index contributed by atoms with van der Waals surface area (Å²) < 4.78 is 28.3. The van der Waals surface area contributed by atoms with Crippen molar-refractivity contribution in [2.75, 3.05) is 14.2 Å². The molecule has 0 spiro atoms. The zero-order valence-corrected chi connectivity index (χ0v) is 22.8. The van der Waals surface area contributed by atoms with Crippen molar-refractivity contribution in [1.29, 1.82) is 0 Å². The number of ether oxygens (including phenoxy) is 3. The number of phenols is 2. The van der Waals surface area contributed by atoms with Gasteiger partial charge < -0.3 is 38.4 Å². The van der Waals surface area contributed by atoms with E-state index in [1.165, 1.54) is 18.2 Å². The number of aryl methyl sites for hydroxylation is 2. The second kappa shape index (κ2) is 8.20. The molecule has 2 aromatic heterocycles. The fraction of sp³-hybridized carbons (Fsp3) is 0.333. The monoisotopic (exact) mass is 576 g/mol. The Balaban J connectivity index is 1.68. The second-order valence-corrected chi connectivity index (χ2v) is 11.1. The molecule has 0 bridgehead atoms. The van der Waals surface area contributed by atoms with E-state index in [2.05, 4.69) is 0 Å². The predicted molar refractivity (Wildman–Crippen MR) is 142 cm³/mol. The number of carbonyl (C=O) groups is 2. The van der Waals surface area contributed by atoms with E-state index < -0.39 is 63.3 Å². The average Bonchev–Trinajstić information content (AvgIpc) is 3.36. The zero-order valence-electron chi connectivity index (χ0n) is 22.8. The lowest BCUT2D eigenvalue weighted by molar-refractivity contribution is -0.251. The van der Waals surface area contributed by atoms with E-state index >= 15 is 0 Å². The lowest BCUT2D eigenvalue weighted by Crippen LogP contribution is -2.49. The molecule has 2 aromatic carbocycles. The number of carbonyl (C=O) groups excluding carboxylic acids is 2. The molecule has 0 unspecified atom stereocenters. The number of benzene rings is 2. The van der Waals surface area contributed by atoms with Crippen LogP contribution in [-0.4, -0.2) is 47.3 Å². The van der Waals surface area contributed by atoms with Crippen LogP contribution in [0.25, 0.3) is 21.9 Å². The number of aromatic hydroxyl groups is 2. The van der Waals surface area contributed by atoms with Crippen LogP contribution in [0.5, 0.6) is 11.5 Å². The third kappa shape index (κ3) is 2.92. The Bertz CT molecular complexity index is 2040. The number of hydrogen-bond acceptors (Lipinski definition) is 12. The highest BCUT2D eigenvalue weighted by atomic mass is 16.7. The maximum absolute atomic E-state index is 14.2. The normalized spacial score (nSPS) is 27.0. The summed E-state index contributed by atoms with van der Waals surface area (Å²) in [4.78, 5) is 55.2. The summed E-state index contributed by atoms with van der Waals surface area (Å²) in [7, 11) is 2.06. The minimum atomic E-state index is -2.78. The van der Waals surface area contributed by atoms with Gasteiger partial charge in [-0.3, -0.25) is 9.59 Å². The molecule has 7 rings (SSSR count). The van der Waals surface area contributed by atoms with Gasteiger partial charge >= 0.3 is 11.9 Å². The van der Waals surface area contributed by atoms with Gasteiger partial charge in [-0.1, -0.05) is 0 Å². The molecule has 1 saturated heterocycles. The summed E-state index contributed by atoms with van der Waals surface area (Å²) in [5, 5.41) is 32.8. The van der Waals surface area contributed by atoms with Crippen LogP contribution >= 0.6 is 0 Å². The Morgan fingerprint density at radius 3 is 2.05 bits per heavy atom. The van der Waals surface area contributed by atoms with Gasteiger partial charge in [0.1, 0.15) is 45.0 Å². The Kier molecular flexibility index (Phi) is 5.12. The summed E-state index contributed by atoms with van der Waals surface area (Å²) in [5.74, 6) is -9.88. The molecule has 0 saturated carbocycles. The first kappa shape index (κ1) is 26.2. The van der Waals surface area contributed by atoms with Crippen LogP contribution in [0.1, 0.15) is 39.7 Å². The third-order valence-corrected chi connectivity index (χ3v) is 8.79. The first-order valence-electron chi connectivity index (χ1n) is 13.1. The maximum atomic E-state index is 14.2. The van der Waals surface area contributed by atoms with E-state index in [-0.39, 0.29) is 51.2 Å². The van der Waals surface area contributed by atoms with Crippen molar-refractivity contribution in [3.63, 3.8) is 0 Å². The Labute approximate surface area is 235 Å². The quantitative estimate of drug-likeness (QED) is 0.296. The molecular formula is C30H24O12. The van der Waals surface area contributed by atoms with E-state index in [4.69, 9.17) is 23.0 Å². The van der Waals surface area contributed by atoms with Crippen molar-refractivity contribution in [3.8, 4) is 11.5 Å². The van der Waals surface area contributed by atoms with Gasteiger partial charge in [0.05, 0.1) is 25.7 Å². The van der Waals surface area contributed by atoms with Gasteiger partial charge in [0.2, 0.25) is 16.5 Å². The molecule has 12 heteroatoms. The maximum Gasteiger partial charge on any atom is 0.366 e. The largest absolute Gasteiger partial charge is 0.507 e. The number of aliphatic hydroxyl groups is 1. The van der Waals surface area contributed by atoms with Crippen LogP contribution in [0.3, 0.4) is 0 Å². The molecule has 3 aliphatic rings. The lowest BCUT2D eigenvalue weighted by Gasteiger charge is -2.35. The van der Waals surface area contributed by atoms with Crippen molar-refractivity contribution in [2.45, 2.75) is 37.6 Å². The smallest absolute Gasteiger partial charge is 0.366 e. The highest BCUT2D eigenvalue weighted by Gasteiger charge is 2.78. The first-order chi connectivity index (χ1) is 19.9. The SMILES string of the molecule is COC(=O)[C@]1(O)O[C@]2(C(=O)OC)c3c(oc4cc(C)cc(O)c4c3=O)[C@@H]3c4c(oc5cc(C)cc(O)c5c4=O)C[C@H]1[C@@H]32. The van der Waals surface area contributed by atoms with Crippen LogP contribution in [-0.2, 0) is 35.8 Å². The van der Waals surface area contributed by atoms with E-state index in [9.17, 15) is 34.5 Å². The van der Waals surface area contributed by atoms with E-state index in [0.717, 1.165) is 14.2 Å². The molecule has 0 amide bonds. The van der Waals surface area contributed by atoms with E-state index in [0.29, 0.717) is 11.1 Å². The van der Waals surface area contributed by atoms with E-state index in [1.54, 1.807) is 19.9 Å². The van der Waals surface area contributed by atoms with Gasteiger partial charge in [0.15, 0.2) is 0 Å². The van der Waals surface area contributed by atoms with Gasteiger partial charge in [-0.25, -0.2) is 9.59 Å². The van der Waals surface area contributed by atoms with Crippen molar-refractivity contribution >= 4 is 33.9 Å². The molecule has 5 atom stereocenters. The number of phenolic OH excluding ortho intramolecular Hbond substituents is 2. The molecule has 0 radical (unpaired) electrons. The van der Waals surface area contributed by atoms with Crippen molar-refractivity contribution in [1.82, 2.24) is 0 Å². The number of rotatable bonds is 2. The van der Waals surface area contributed by atoms with Crippen LogP contribution in [0.2, 0.25) is 0 Å². The second-order valence-electron chi connectivity index (χ2n) is 11.1. The molecule has 3 N–H and O–H groups in total. The number of methoxy groups -OCH3 is 2. The number of esters is 2. The van der Waals surface area contributed by atoms with Crippen molar-refractivity contribution in [2.24, 2.45) is 11.8 Å². The van der Waals surface area contributed by atoms with Gasteiger partial charge in [0, 0.05) is 23.8 Å². The molecule has 216 valence electrons. The van der Waals surface area contributed by atoms with Crippen LogP contribution in [0.15, 0.2) is 42.7 Å². The standard InChI is InChI=1S/C30H24O12/c1-10-5-13(31)18-15(7-10)40-17-9-12-22-21(20(17)24(18)33)26-23(25(34)19-14(32)6-11(2)8-16(19)41-26)29(22,27(35)38-3)42-30(12,37)28(36)39-4/h5-8,12,21-22,31-32,37H,9H2,1-4H3/t12-,21+,22-,29-,30+/m0/s1. The van der Waals surface area contributed by atoms with Gasteiger partial charge in [-0.05, 0) is 49.2 Å². The topological polar surface area (TPSA) is 183 Å². The van der Waals surface area contributed by atoms with Gasteiger partial charge in [0.25, 0.3) is 5.79 Å². The van der Waals surface area contributed by atoms with Crippen LogP contribution in [0, 0.1) is 25.7 Å². The van der Waals surface area contributed by atoms with Gasteiger partial charge in [-0.2, -0.15) is 0 Å². The highest BCUT2D eigenvalue weighted by Crippen LogP contribution is 2.67. The molecule has 3 heterocycles. The Morgan fingerprint density at radius 1 is 0.881 bits per heavy atom. The summed E-state index contributed by atoms with van der Waals surface area (Å²) in [6, 6.07) is 5.80. The van der Waals surface area contributed by atoms with Crippen molar-refractivity contribution in [3.05, 3.63) is 78.5 Å². The van der Waals surface area contributed by atoms with Crippen LogP contribution < -0.4 is 10.9 Å².